The van der Waals surface area contributed by atoms with Crippen LogP contribution < -0.4 is 19.4 Å². The topological polar surface area (TPSA) is 54.3 Å². The van der Waals surface area contributed by atoms with E-state index in [9.17, 15) is 14.0 Å². The number of imide groups is 1. The molecule has 6 nitrogen and oxygen atoms in total. The van der Waals surface area contributed by atoms with E-state index in [2.05, 4.69) is 0 Å². The molecule has 2 aromatic rings. The number of benzene rings is 2. The fraction of sp³-hybridized carbons (Fsp3) is 0.333. The molecular formula is C21H23FN3O3+. The quantitative estimate of drug-likeness (QED) is 0.795. The number of hydrogen-bond donors (Lipinski definition) is 1. The minimum absolute atomic E-state index is 0.162. The van der Waals surface area contributed by atoms with Gasteiger partial charge in [-0.25, -0.2) is 9.29 Å². The summed E-state index contributed by atoms with van der Waals surface area (Å²) in [5, 5.41) is 0. The van der Waals surface area contributed by atoms with Crippen molar-refractivity contribution >= 4 is 23.2 Å². The van der Waals surface area contributed by atoms with E-state index in [0.717, 1.165) is 4.90 Å². The Labute approximate surface area is 163 Å². The molecule has 2 fully saturated rings. The summed E-state index contributed by atoms with van der Waals surface area (Å²) < 4.78 is 19.1. The number of hydrogen-bond acceptors (Lipinski definition) is 4. The van der Waals surface area contributed by atoms with Crippen molar-refractivity contribution in [1.29, 1.82) is 0 Å². The lowest BCUT2D eigenvalue weighted by atomic mass is 10.1. The molecule has 2 aromatic carbocycles. The average Bonchev–Trinajstić information content (AvgIpc) is 3.03. The van der Waals surface area contributed by atoms with Gasteiger partial charge in [-0.05, 0) is 36.4 Å². The van der Waals surface area contributed by atoms with Gasteiger partial charge in [-0.3, -0.25) is 9.59 Å². The standard InChI is InChI=1S/C21H22FN3O3/c1-28-16-8-6-15(7-9-16)25-20(26)14-19(21(25)27)24-12-10-23(11-13-24)18-5-3-2-4-17(18)22/h2-9,19H,10-14H2,1H3/p+1/t19-/m0/s1. The molecule has 0 aromatic heterocycles. The molecule has 2 amide bonds. The third-order valence-electron chi connectivity index (χ3n) is 5.57. The minimum atomic E-state index is -0.377. The summed E-state index contributed by atoms with van der Waals surface area (Å²) in [6.45, 7) is 2.68. The predicted octanol–water partition coefficient (Wildman–Crippen LogP) is 0.871. The largest absolute Gasteiger partial charge is 0.497 e. The number of nitrogens with one attached hydrogen (secondary N) is 1. The van der Waals surface area contributed by atoms with Crippen molar-refractivity contribution in [2.75, 3.05) is 43.1 Å². The zero-order valence-corrected chi connectivity index (χ0v) is 15.7. The van der Waals surface area contributed by atoms with Gasteiger partial charge in [0.1, 0.15) is 11.6 Å². The molecule has 7 heteroatoms. The van der Waals surface area contributed by atoms with E-state index in [1.807, 2.05) is 11.0 Å². The molecule has 2 aliphatic rings. The zero-order chi connectivity index (χ0) is 19.7. The number of amides is 2. The van der Waals surface area contributed by atoms with Gasteiger partial charge < -0.3 is 14.5 Å². The molecule has 0 radical (unpaired) electrons. The first kappa shape index (κ1) is 18.4. The third kappa shape index (κ3) is 3.33. The average molecular weight is 384 g/mol. The number of quaternary nitrogens is 1. The molecule has 1 atom stereocenters. The first-order chi connectivity index (χ1) is 13.6. The number of carbonyl (C=O) groups excluding carboxylic acids is 2. The molecule has 28 heavy (non-hydrogen) atoms. The van der Waals surface area contributed by atoms with E-state index in [1.165, 1.54) is 11.0 Å². The van der Waals surface area contributed by atoms with Crippen molar-refractivity contribution in [2.24, 2.45) is 0 Å². The Morgan fingerprint density at radius 2 is 1.71 bits per heavy atom. The Hall–Kier alpha value is -2.93. The lowest BCUT2D eigenvalue weighted by molar-refractivity contribution is -0.915. The monoisotopic (exact) mass is 384 g/mol. The molecule has 0 spiro atoms. The van der Waals surface area contributed by atoms with Crippen molar-refractivity contribution in [3.8, 4) is 5.75 Å². The van der Waals surface area contributed by atoms with Crippen molar-refractivity contribution in [3.05, 3.63) is 54.3 Å². The minimum Gasteiger partial charge on any atom is -0.497 e. The Balaban J connectivity index is 1.44. The number of rotatable bonds is 4. The molecule has 0 aliphatic carbocycles. The lowest BCUT2D eigenvalue weighted by Crippen LogP contribution is -3.19. The summed E-state index contributed by atoms with van der Waals surface area (Å²) in [7, 11) is 1.57. The molecule has 0 saturated carbocycles. The van der Waals surface area contributed by atoms with Gasteiger partial charge >= 0.3 is 0 Å². The van der Waals surface area contributed by atoms with Crippen molar-refractivity contribution in [3.63, 3.8) is 0 Å². The smallest absolute Gasteiger partial charge is 0.292 e. The Kier molecular flexibility index (Phi) is 5.00. The summed E-state index contributed by atoms with van der Waals surface area (Å²) in [6.07, 6.45) is 0.208. The number of carbonyl (C=O) groups is 2. The Morgan fingerprint density at radius 1 is 1.04 bits per heavy atom. The van der Waals surface area contributed by atoms with Crippen LogP contribution in [0.3, 0.4) is 0 Å². The van der Waals surface area contributed by atoms with Gasteiger partial charge in [-0.15, -0.1) is 0 Å². The molecule has 4 rings (SSSR count). The van der Waals surface area contributed by atoms with Gasteiger partial charge in [-0.1, -0.05) is 12.1 Å². The third-order valence-corrected chi connectivity index (χ3v) is 5.57. The second-order valence-corrected chi connectivity index (χ2v) is 7.12. The SMILES string of the molecule is COc1ccc(N2C(=O)C[C@H]([NH+]3CCN(c4ccccc4F)CC3)C2=O)cc1. The summed E-state index contributed by atoms with van der Waals surface area (Å²) in [4.78, 5) is 29.8. The van der Waals surface area contributed by atoms with E-state index in [-0.39, 0.29) is 30.1 Å². The van der Waals surface area contributed by atoms with E-state index in [1.54, 1.807) is 43.5 Å². The maximum atomic E-state index is 14.0. The van der Waals surface area contributed by atoms with Crippen LogP contribution in [0.4, 0.5) is 15.8 Å². The molecule has 146 valence electrons. The first-order valence-electron chi connectivity index (χ1n) is 9.43. The van der Waals surface area contributed by atoms with Gasteiger partial charge in [0.2, 0.25) is 5.91 Å². The van der Waals surface area contributed by atoms with Gasteiger partial charge in [0.05, 0.1) is 51.1 Å². The predicted molar refractivity (Wildman–Crippen MR) is 103 cm³/mol. The summed E-state index contributed by atoms with van der Waals surface area (Å²) in [6, 6.07) is 13.3. The summed E-state index contributed by atoms with van der Waals surface area (Å²) in [5.41, 5.74) is 1.16. The molecule has 1 N–H and O–H groups in total. The van der Waals surface area contributed by atoms with E-state index in [0.29, 0.717) is 43.3 Å². The second kappa shape index (κ2) is 7.59. The number of methoxy groups -OCH3 is 1. The molecule has 0 bridgehead atoms. The maximum absolute atomic E-state index is 14.0. The van der Waals surface area contributed by atoms with Crippen LogP contribution in [0.5, 0.6) is 5.75 Å². The maximum Gasteiger partial charge on any atom is 0.292 e. The van der Waals surface area contributed by atoms with Crippen LogP contribution in [0.1, 0.15) is 6.42 Å². The second-order valence-electron chi connectivity index (χ2n) is 7.12. The Morgan fingerprint density at radius 3 is 2.36 bits per heavy atom. The number of halogens is 1. The fourth-order valence-corrected chi connectivity index (χ4v) is 4.04. The molecular weight excluding hydrogens is 361 g/mol. The molecule has 0 unspecified atom stereocenters. The van der Waals surface area contributed by atoms with Crippen molar-refractivity contribution in [2.45, 2.75) is 12.5 Å². The molecule has 2 heterocycles. The van der Waals surface area contributed by atoms with E-state index < -0.39 is 0 Å². The fourth-order valence-electron chi connectivity index (χ4n) is 4.04. The highest BCUT2D eigenvalue weighted by atomic mass is 19.1. The van der Waals surface area contributed by atoms with Gasteiger partial charge in [0.25, 0.3) is 5.91 Å². The van der Waals surface area contributed by atoms with Crippen molar-refractivity contribution in [1.82, 2.24) is 0 Å². The van der Waals surface area contributed by atoms with Gasteiger partial charge in [0, 0.05) is 0 Å². The van der Waals surface area contributed by atoms with Crippen LogP contribution in [0.2, 0.25) is 0 Å². The van der Waals surface area contributed by atoms with E-state index >= 15 is 0 Å². The summed E-state index contributed by atoms with van der Waals surface area (Å²) >= 11 is 0. The zero-order valence-electron chi connectivity index (χ0n) is 15.7. The number of piperazine rings is 1. The highest BCUT2D eigenvalue weighted by Crippen LogP contribution is 2.25. The first-order valence-corrected chi connectivity index (χ1v) is 9.43. The number of anilines is 2. The molecule has 2 aliphatic heterocycles. The van der Waals surface area contributed by atoms with Crippen LogP contribution in [-0.4, -0.2) is 51.1 Å². The van der Waals surface area contributed by atoms with Crippen LogP contribution in [0.15, 0.2) is 48.5 Å². The van der Waals surface area contributed by atoms with Crippen LogP contribution in [0, 0.1) is 5.82 Å². The van der Waals surface area contributed by atoms with Crippen LogP contribution >= 0.6 is 0 Å². The van der Waals surface area contributed by atoms with Crippen LogP contribution in [0.25, 0.3) is 0 Å². The normalized spacial score (nSPS) is 20.7. The molecule has 2 saturated heterocycles. The van der Waals surface area contributed by atoms with Gasteiger partial charge in [0.15, 0.2) is 6.04 Å². The number of ether oxygens (including phenoxy) is 1. The lowest BCUT2D eigenvalue weighted by Gasteiger charge is -2.35. The van der Waals surface area contributed by atoms with Crippen LogP contribution in [-0.2, 0) is 9.59 Å². The number of para-hydroxylation sites is 1. The summed E-state index contributed by atoms with van der Waals surface area (Å²) in [5.74, 6) is 0.103. The highest BCUT2D eigenvalue weighted by molar-refractivity contribution is 6.21. The van der Waals surface area contributed by atoms with Crippen molar-refractivity contribution < 1.29 is 23.6 Å². The number of nitrogens with zero attached hydrogens (tertiary/aromatic N) is 2. The van der Waals surface area contributed by atoms with Gasteiger partial charge in [-0.2, -0.15) is 0 Å². The highest BCUT2D eigenvalue weighted by Gasteiger charge is 2.46. The van der Waals surface area contributed by atoms with E-state index in [4.69, 9.17) is 4.74 Å². The Bertz CT molecular complexity index is 879.